The Labute approximate surface area is 166 Å². The first kappa shape index (κ1) is 4.74. The van der Waals surface area contributed by atoms with Gasteiger partial charge in [0.1, 0.15) is 5.84 Å². The zero-order chi connectivity index (χ0) is 31.6. The molecular formula is C18H19ClN4. The Morgan fingerprint density at radius 3 is 2.83 bits per heavy atom. The summed E-state index contributed by atoms with van der Waals surface area (Å²) in [5.41, 5.74) is -2.64. The molecule has 5 heteroatoms. The van der Waals surface area contributed by atoms with E-state index in [2.05, 4.69) is 10.3 Å². The van der Waals surface area contributed by atoms with Crippen molar-refractivity contribution in [2.45, 2.75) is 0 Å². The van der Waals surface area contributed by atoms with E-state index in [4.69, 9.17) is 36.3 Å². The van der Waals surface area contributed by atoms with Crippen molar-refractivity contribution in [3.05, 3.63) is 52.9 Å². The minimum absolute atomic E-state index is 0.204. The van der Waals surface area contributed by atoms with Crippen molar-refractivity contribution in [2.24, 2.45) is 4.99 Å². The SMILES string of the molecule is [2H]c1c([2H])c([2H])c2c(c1[2H])Nc1c([2H])c([2H])c(Cl)c([2H])c1N=C2N1C([2H])([2H])C([2H])([2H])N(C([2H])([2H])[2H])C([2H])([2H])C1([2H])[2H]. The van der Waals surface area contributed by atoms with Gasteiger partial charge in [-0.25, -0.2) is 4.99 Å². The van der Waals surface area contributed by atoms with E-state index in [0.29, 0.717) is 0 Å². The fraction of sp³-hybridized carbons (Fsp3) is 0.278. The number of aliphatic imine (C=N–C) groups is 1. The number of nitrogens with zero attached hydrogens (tertiary/aromatic N) is 3. The van der Waals surface area contributed by atoms with Crippen LogP contribution in [0.3, 0.4) is 0 Å². The van der Waals surface area contributed by atoms with Crippen LogP contribution in [-0.4, -0.2) is 48.6 Å². The lowest BCUT2D eigenvalue weighted by Gasteiger charge is -2.34. The number of likely N-dealkylation sites (N-methyl/N-ethyl adjacent to an activating group) is 1. The molecule has 0 spiro atoms. The number of halogens is 1. The number of amidine groups is 1. The van der Waals surface area contributed by atoms with Gasteiger partial charge in [0.05, 0.1) is 26.5 Å². The molecule has 0 atom stereocenters. The molecule has 118 valence electrons. The number of piperazine rings is 1. The third-order valence-electron chi connectivity index (χ3n) is 2.90. The highest BCUT2D eigenvalue weighted by molar-refractivity contribution is 6.31. The maximum Gasteiger partial charge on any atom is 0.138 e. The quantitative estimate of drug-likeness (QED) is 0.790. The Hall–Kier alpha value is -2.04. The minimum Gasteiger partial charge on any atom is -0.353 e. The Morgan fingerprint density at radius 2 is 2.00 bits per heavy atom. The van der Waals surface area contributed by atoms with Crippen LogP contribution in [0, 0.1) is 0 Å². The first-order valence-corrected chi connectivity index (χ1v) is 6.61. The predicted molar refractivity (Wildman–Crippen MR) is 96.4 cm³/mol. The molecule has 2 aromatic carbocycles. The fourth-order valence-electron chi connectivity index (χ4n) is 1.93. The largest absolute Gasteiger partial charge is 0.353 e. The van der Waals surface area contributed by atoms with Crippen molar-refractivity contribution >= 4 is 34.5 Å². The van der Waals surface area contributed by atoms with E-state index in [-0.39, 0.29) is 4.90 Å². The van der Waals surface area contributed by atoms with Gasteiger partial charge in [0.15, 0.2) is 0 Å². The summed E-state index contributed by atoms with van der Waals surface area (Å²) >= 11 is 6.03. The molecule has 2 aliphatic rings. The van der Waals surface area contributed by atoms with E-state index < -0.39 is 114 Å². The molecule has 2 heterocycles. The lowest BCUT2D eigenvalue weighted by Crippen LogP contribution is -2.47. The molecule has 0 radical (unpaired) electrons. The summed E-state index contributed by atoms with van der Waals surface area (Å²) in [4.78, 5) is 3.25. The monoisotopic (exact) mass is 344 g/mol. The molecular weight excluding hydrogens is 308 g/mol. The summed E-state index contributed by atoms with van der Waals surface area (Å²) < 4.78 is 149. The summed E-state index contributed by atoms with van der Waals surface area (Å²) in [5.74, 6) is -1.16. The predicted octanol–water partition coefficient (Wildman–Crippen LogP) is 3.72. The first-order valence-electron chi connectivity index (χ1n) is 15.2. The second-order valence-electron chi connectivity index (χ2n) is 4.34. The molecule has 0 aliphatic carbocycles. The van der Waals surface area contributed by atoms with Gasteiger partial charge in [-0.05, 0) is 37.2 Å². The fourth-order valence-corrected chi connectivity index (χ4v) is 2.07. The van der Waals surface area contributed by atoms with Crippen molar-refractivity contribution in [3.8, 4) is 0 Å². The van der Waals surface area contributed by atoms with Gasteiger partial charge in [-0.1, -0.05) is 23.7 Å². The second-order valence-corrected chi connectivity index (χ2v) is 4.72. The number of nitrogens with one attached hydrogen (secondary N) is 1. The molecule has 4 nitrogen and oxygen atoms in total. The van der Waals surface area contributed by atoms with Crippen LogP contribution in [0.2, 0.25) is 5.02 Å². The number of anilines is 2. The third kappa shape index (κ3) is 2.80. The Balaban J connectivity index is 2.25. The molecule has 23 heavy (non-hydrogen) atoms. The number of para-hydroxylation sites is 1. The average Bonchev–Trinajstić information content (AvgIpc) is 2.99. The molecule has 2 aromatic rings. The summed E-state index contributed by atoms with van der Waals surface area (Å²) in [6.45, 7) is -19.1. The highest BCUT2D eigenvalue weighted by Crippen LogP contribution is 2.36. The molecule has 1 fully saturated rings. The van der Waals surface area contributed by atoms with Gasteiger partial charge in [-0.15, -0.1) is 0 Å². The number of hydrogen-bond acceptors (Lipinski definition) is 4. The molecule has 1 N–H and O–H groups in total. The van der Waals surface area contributed by atoms with Crippen LogP contribution in [0.25, 0.3) is 0 Å². The van der Waals surface area contributed by atoms with Crippen LogP contribution in [0.15, 0.2) is 47.3 Å². The molecule has 1 saturated heterocycles. The van der Waals surface area contributed by atoms with E-state index in [0.717, 1.165) is 0 Å². The summed E-state index contributed by atoms with van der Waals surface area (Å²) in [6, 6.07) is -5.76. The number of fused-ring (bicyclic) bond motifs is 2. The molecule has 2 aliphatic heterocycles. The van der Waals surface area contributed by atoms with Gasteiger partial charge in [-0.2, -0.15) is 0 Å². The smallest absolute Gasteiger partial charge is 0.138 e. The molecule has 4 rings (SSSR count). The van der Waals surface area contributed by atoms with Crippen molar-refractivity contribution in [1.82, 2.24) is 9.80 Å². The first-order chi connectivity index (χ1) is 18.4. The molecule has 0 bridgehead atoms. The molecule has 0 unspecified atom stereocenters. The van der Waals surface area contributed by atoms with Gasteiger partial charge < -0.3 is 15.1 Å². The van der Waals surface area contributed by atoms with Gasteiger partial charge >= 0.3 is 0 Å². The maximum absolute atomic E-state index is 8.64. The van der Waals surface area contributed by atoms with Crippen LogP contribution in [-0.2, 0) is 0 Å². The van der Waals surface area contributed by atoms with Crippen LogP contribution in [0.4, 0.5) is 17.1 Å². The van der Waals surface area contributed by atoms with E-state index in [1.807, 2.05) is 0 Å². The van der Waals surface area contributed by atoms with Gasteiger partial charge in [0.25, 0.3) is 0 Å². The Kier molecular flexibility index (Phi) is 1.21. The number of benzene rings is 2. The van der Waals surface area contributed by atoms with E-state index >= 15 is 0 Å². The van der Waals surface area contributed by atoms with Crippen molar-refractivity contribution < 1.29 is 24.7 Å². The lowest BCUT2D eigenvalue weighted by molar-refractivity contribution is 0.216. The van der Waals surface area contributed by atoms with E-state index in [1.165, 1.54) is 0 Å². The van der Waals surface area contributed by atoms with Crippen LogP contribution < -0.4 is 5.32 Å². The maximum atomic E-state index is 8.64. The van der Waals surface area contributed by atoms with Crippen molar-refractivity contribution in [2.75, 3.05) is 38.3 Å². The third-order valence-corrected chi connectivity index (χ3v) is 3.09. The van der Waals surface area contributed by atoms with Crippen LogP contribution in [0.1, 0.15) is 30.2 Å². The zero-order valence-corrected chi connectivity index (χ0v) is 12.0. The molecule has 0 amide bonds. The van der Waals surface area contributed by atoms with Crippen molar-refractivity contribution in [1.29, 1.82) is 0 Å². The highest BCUT2D eigenvalue weighted by atomic mass is 35.5. The van der Waals surface area contributed by atoms with Gasteiger partial charge in [0, 0.05) is 51.9 Å². The van der Waals surface area contributed by atoms with Gasteiger partial charge in [-0.3, -0.25) is 0 Å². The van der Waals surface area contributed by atoms with Crippen molar-refractivity contribution in [3.63, 3.8) is 0 Å². The number of hydrogen-bond donors (Lipinski definition) is 1. The van der Waals surface area contributed by atoms with E-state index in [1.54, 1.807) is 0 Å². The average molecular weight is 345 g/mol. The highest BCUT2D eigenvalue weighted by Gasteiger charge is 2.23. The summed E-state index contributed by atoms with van der Waals surface area (Å²) in [7, 11) is 0. The Morgan fingerprint density at radius 1 is 1.17 bits per heavy atom. The van der Waals surface area contributed by atoms with Crippen LogP contribution in [0.5, 0.6) is 0 Å². The minimum atomic E-state index is -3.85. The Bertz CT molecular complexity index is 1490. The lowest BCUT2D eigenvalue weighted by atomic mass is 10.1. The number of rotatable bonds is 0. The van der Waals surface area contributed by atoms with E-state index in [9.17, 15) is 0 Å². The standard InChI is InChI=1S/C18H19ClN4/c1-22-8-10-23(11-9-22)18-14-4-2-3-5-15(14)20-16-7-6-13(19)12-17(16)21-18/h2-7,12,20H,8-11H2,1H3/i1D3,2D,3D,4D,5D,6D,7D,8D2,9D2,10D2,11D2,12D. The zero-order valence-electron chi connectivity index (χ0n) is 29.2. The molecule has 0 aromatic heterocycles. The summed E-state index contributed by atoms with van der Waals surface area (Å²) in [5, 5.41) is 1.85. The topological polar surface area (TPSA) is 30.9 Å². The normalized spacial score (nSPS) is 38.3. The molecule has 0 saturated carbocycles. The van der Waals surface area contributed by atoms with Gasteiger partial charge in [0.2, 0.25) is 0 Å². The van der Waals surface area contributed by atoms with Crippen LogP contribution >= 0.6 is 11.6 Å². The summed E-state index contributed by atoms with van der Waals surface area (Å²) in [6.07, 6.45) is 0. The second kappa shape index (κ2) is 5.87.